The Morgan fingerprint density at radius 1 is 1.38 bits per heavy atom. The lowest BCUT2D eigenvalue weighted by atomic mass is 10.1. The van der Waals surface area contributed by atoms with Gasteiger partial charge in [0, 0.05) is 17.3 Å². The largest absolute Gasteiger partial charge is 0.493 e. The Morgan fingerprint density at radius 3 is 2.75 bits per heavy atom. The topological polar surface area (TPSA) is 39.4 Å². The van der Waals surface area contributed by atoms with Crippen molar-refractivity contribution in [3.8, 4) is 5.75 Å². The summed E-state index contributed by atoms with van der Waals surface area (Å²) in [7, 11) is 1.54. The number of rotatable bonds is 2. The maximum Gasteiger partial charge on any atom is 0.336 e. The summed E-state index contributed by atoms with van der Waals surface area (Å²) >= 11 is 5.80. The van der Waals surface area contributed by atoms with E-state index in [0.29, 0.717) is 11.3 Å². The zero-order valence-corrected chi connectivity index (χ0v) is 9.80. The number of benzene rings is 1. The first-order valence-electron chi connectivity index (χ1n) is 4.83. The average molecular weight is 239 g/mol. The third kappa shape index (κ3) is 1.78. The van der Waals surface area contributed by atoms with Crippen molar-refractivity contribution in [3.05, 3.63) is 39.7 Å². The maximum atomic E-state index is 11.3. The molecular weight excluding hydrogens is 228 g/mol. The average Bonchev–Trinajstić information content (AvgIpc) is 2.27. The van der Waals surface area contributed by atoms with Crippen LogP contribution in [-0.4, -0.2) is 7.11 Å². The summed E-state index contributed by atoms with van der Waals surface area (Å²) in [5.74, 6) is 0.827. The van der Waals surface area contributed by atoms with Crippen LogP contribution in [0.25, 0.3) is 11.0 Å². The van der Waals surface area contributed by atoms with Gasteiger partial charge in [0.2, 0.25) is 0 Å². The van der Waals surface area contributed by atoms with Gasteiger partial charge < -0.3 is 9.15 Å². The molecule has 0 aliphatic heterocycles. The van der Waals surface area contributed by atoms with Gasteiger partial charge in [-0.1, -0.05) is 0 Å². The number of halogens is 1. The summed E-state index contributed by atoms with van der Waals surface area (Å²) in [6.07, 6.45) is 0. The number of ether oxygens (including phenoxy) is 1. The van der Waals surface area contributed by atoms with E-state index >= 15 is 0 Å². The molecule has 0 saturated heterocycles. The van der Waals surface area contributed by atoms with E-state index in [0.717, 1.165) is 16.5 Å². The molecule has 2 aromatic rings. The van der Waals surface area contributed by atoms with Crippen LogP contribution in [0.15, 0.2) is 27.4 Å². The van der Waals surface area contributed by atoms with E-state index in [4.69, 9.17) is 20.8 Å². The number of fused-ring (bicyclic) bond motifs is 1. The van der Waals surface area contributed by atoms with Crippen LogP contribution in [-0.2, 0) is 5.88 Å². The third-order valence-corrected chi connectivity index (χ3v) is 2.69. The van der Waals surface area contributed by atoms with Gasteiger partial charge in [0.1, 0.15) is 0 Å². The van der Waals surface area contributed by atoms with Crippen LogP contribution in [0.5, 0.6) is 5.75 Å². The Hall–Kier alpha value is -1.48. The minimum atomic E-state index is -0.412. The van der Waals surface area contributed by atoms with E-state index in [2.05, 4.69) is 0 Å². The third-order valence-electron chi connectivity index (χ3n) is 2.40. The highest BCUT2D eigenvalue weighted by atomic mass is 35.5. The summed E-state index contributed by atoms with van der Waals surface area (Å²) in [6.45, 7) is 1.95. The molecule has 0 radical (unpaired) electrons. The summed E-state index contributed by atoms with van der Waals surface area (Å²) in [5, 5.41) is 0.825. The zero-order chi connectivity index (χ0) is 11.7. The Bertz CT molecular complexity index is 587. The molecule has 0 amide bonds. The molecule has 84 valence electrons. The molecule has 0 spiro atoms. The van der Waals surface area contributed by atoms with Crippen LogP contribution in [0.4, 0.5) is 0 Å². The highest BCUT2D eigenvalue weighted by molar-refractivity contribution is 6.18. The van der Waals surface area contributed by atoms with Crippen molar-refractivity contribution in [2.75, 3.05) is 7.11 Å². The molecule has 0 bridgehead atoms. The van der Waals surface area contributed by atoms with Gasteiger partial charge in [0.05, 0.1) is 7.11 Å². The van der Waals surface area contributed by atoms with Crippen molar-refractivity contribution in [2.24, 2.45) is 0 Å². The van der Waals surface area contributed by atoms with Gasteiger partial charge >= 0.3 is 5.63 Å². The van der Waals surface area contributed by atoms with Crippen LogP contribution in [0.3, 0.4) is 0 Å². The summed E-state index contributed by atoms with van der Waals surface area (Å²) in [6, 6.07) is 5.16. The SMILES string of the molecule is COc1cc(C)cc2c(CCl)cc(=O)oc12. The minimum absolute atomic E-state index is 0.273. The number of methoxy groups -OCH3 is 1. The number of hydrogen-bond donors (Lipinski definition) is 0. The van der Waals surface area contributed by atoms with E-state index in [1.807, 2.05) is 19.1 Å². The summed E-state index contributed by atoms with van der Waals surface area (Å²) < 4.78 is 10.3. The fourth-order valence-electron chi connectivity index (χ4n) is 1.70. The highest BCUT2D eigenvalue weighted by Crippen LogP contribution is 2.28. The molecule has 0 aliphatic carbocycles. The zero-order valence-electron chi connectivity index (χ0n) is 9.04. The Balaban J connectivity index is 2.92. The van der Waals surface area contributed by atoms with Gasteiger partial charge in [-0.05, 0) is 30.2 Å². The molecule has 1 aromatic carbocycles. The van der Waals surface area contributed by atoms with Crippen LogP contribution in [0.1, 0.15) is 11.1 Å². The van der Waals surface area contributed by atoms with Crippen molar-refractivity contribution in [1.82, 2.24) is 0 Å². The van der Waals surface area contributed by atoms with Gasteiger partial charge in [0.15, 0.2) is 11.3 Å². The second-order valence-corrected chi connectivity index (χ2v) is 3.84. The van der Waals surface area contributed by atoms with Crippen molar-refractivity contribution in [2.45, 2.75) is 12.8 Å². The monoisotopic (exact) mass is 238 g/mol. The molecular formula is C12H11ClO3. The van der Waals surface area contributed by atoms with Gasteiger partial charge in [-0.3, -0.25) is 0 Å². The molecule has 0 aliphatic rings. The quantitative estimate of drug-likeness (QED) is 0.597. The van der Waals surface area contributed by atoms with Crippen molar-refractivity contribution in [1.29, 1.82) is 0 Å². The Kier molecular flexibility index (Phi) is 2.88. The molecule has 0 saturated carbocycles. The Labute approximate surface area is 97.6 Å². The smallest absolute Gasteiger partial charge is 0.336 e. The van der Waals surface area contributed by atoms with Crippen LogP contribution in [0, 0.1) is 6.92 Å². The molecule has 0 N–H and O–H groups in total. The molecule has 0 fully saturated rings. The molecule has 0 atom stereocenters. The van der Waals surface area contributed by atoms with Gasteiger partial charge in [-0.25, -0.2) is 4.79 Å². The lowest BCUT2D eigenvalue weighted by molar-refractivity contribution is 0.406. The molecule has 1 aromatic heterocycles. The number of aryl methyl sites for hydroxylation is 1. The standard InChI is InChI=1S/C12H11ClO3/c1-7-3-9-8(6-13)5-11(14)16-12(9)10(4-7)15-2/h3-5H,6H2,1-2H3. The first-order valence-corrected chi connectivity index (χ1v) is 5.36. The van der Waals surface area contributed by atoms with Gasteiger partial charge in [-0.2, -0.15) is 0 Å². The summed E-state index contributed by atoms with van der Waals surface area (Å²) in [5.41, 5.74) is 1.83. The molecule has 16 heavy (non-hydrogen) atoms. The Morgan fingerprint density at radius 2 is 2.12 bits per heavy atom. The first-order chi connectivity index (χ1) is 7.65. The molecule has 0 unspecified atom stereocenters. The van der Waals surface area contributed by atoms with Crippen molar-refractivity contribution < 1.29 is 9.15 Å². The number of alkyl halides is 1. The van der Waals surface area contributed by atoms with Crippen molar-refractivity contribution >= 4 is 22.6 Å². The molecule has 4 heteroatoms. The predicted octanol–water partition coefficient (Wildman–Crippen LogP) is 2.85. The van der Waals surface area contributed by atoms with Gasteiger partial charge in [-0.15, -0.1) is 11.6 Å². The van der Waals surface area contributed by atoms with Gasteiger partial charge in [0.25, 0.3) is 0 Å². The van der Waals surface area contributed by atoms with Crippen molar-refractivity contribution in [3.63, 3.8) is 0 Å². The van der Waals surface area contributed by atoms with Crippen LogP contribution < -0.4 is 10.4 Å². The van der Waals surface area contributed by atoms with E-state index in [-0.39, 0.29) is 5.88 Å². The van der Waals surface area contributed by atoms with E-state index in [9.17, 15) is 4.79 Å². The fraction of sp³-hybridized carbons (Fsp3) is 0.250. The molecule has 2 rings (SSSR count). The van der Waals surface area contributed by atoms with E-state index < -0.39 is 5.63 Å². The first kappa shape index (κ1) is 11.0. The van der Waals surface area contributed by atoms with E-state index in [1.165, 1.54) is 6.07 Å². The van der Waals surface area contributed by atoms with Crippen LogP contribution >= 0.6 is 11.6 Å². The molecule has 1 heterocycles. The minimum Gasteiger partial charge on any atom is -0.493 e. The second kappa shape index (κ2) is 4.18. The molecule has 3 nitrogen and oxygen atoms in total. The normalized spacial score (nSPS) is 10.7. The second-order valence-electron chi connectivity index (χ2n) is 3.57. The lowest BCUT2D eigenvalue weighted by Crippen LogP contribution is -2.01. The van der Waals surface area contributed by atoms with E-state index in [1.54, 1.807) is 7.11 Å². The maximum absolute atomic E-state index is 11.3. The predicted molar refractivity (Wildman–Crippen MR) is 63.3 cm³/mol. The van der Waals surface area contributed by atoms with Crippen LogP contribution in [0.2, 0.25) is 0 Å². The fourth-order valence-corrected chi connectivity index (χ4v) is 1.92. The number of hydrogen-bond acceptors (Lipinski definition) is 3. The summed E-state index contributed by atoms with van der Waals surface area (Å²) in [4.78, 5) is 11.3. The highest BCUT2D eigenvalue weighted by Gasteiger charge is 2.10. The lowest BCUT2D eigenvalue weighted by Gasteiger charge is -2.07.